The number of rotatable bonds is 6. The van der Waals surface area contributed by atoms with Crippen molar-refractivity contribution in [3.8, 4) is 5.75 Å². The fraction of sp³-hybridized carbons (Fsp3) is 0.500. The van der Waals surface area contributed by atoms with Gasteiger partial charge in [0.2, 0.25) is 0 Å². The standard InChI is InChI=1S/C14H19F2NO3/c1-9(2)14(3,19)8-17-12(18)10-4-6-11(7-5-10)20-13(15)16/h4-7,9,13,19H,8H2,1-3H3,(H,17,18). The normalized spacial score (nSPS) is 14.2. The molecular formula is C14H19F2NO3. The maximum atomic E-state index is 12.0. The number of hydrogen-bond donors (Lipinski definition) is 2. The molecule has 0 aromatic heterocycles. The summed E-state index contributed by atoms with van der Waals surface area (Å²) in [4.78, 5) is 11.8. The van der Waals surface area contributed by atoms with Crippen LogP contribution in [-0.4, -0.2) is 29.8 Å². The van der Waals surface area contributed by atoms with Gasteiger partial charge in [0.25, 0.3) is 5.91 Å². The van der Waals surface area contributed by atoms with Gasteiger partial charge in [-0.25, -0.2) is 0 Å². The van der Waals surface area contributed by atoms with E-state index in [1.807, 2.05) is 13.8 Å². The molecular weight excluding hydrogens is 268 g/mol. The molecule has 0 radical (unpaired) electrons. The van der Waals surface area contributed by atoms with Gasteiger partial charge in [-0.1, -0.05) is 13.8 Å². The lowest BCUT2D eigenvalue weighted by Gasteiger charge is -2.27. The van der Waals surface area contributed by atoms with Crippen molar-refractivity contribution in [3.05, 3.63) is 29.8 Å². The van der Waals surface area contributed by atoms with Crippen molar-refractivity contribution >= 4 is 5.91 Å². The molecule has 1 atom stereocenters. The van der Waals surface area contributed by atoms with Gasteiger partial charge in [-0.2, -0.15) is 8.78 Å². The van der Waals surface area contributed by atoms with E-state index in [2.05, 4.69) is 10.1 Å². The summed E-state index contributed by atoms with van der Waals surface area (Å²) < 4.78 is 28.1. The molecule has 1 aromatic carbocycles. The maximum absolute atomic E-state index is 12.0. The number of carbonyl (C=O) groups excluding carboxylic acids is 1. The Balaban J connectivity index is 2.60. The fourth-order valence-corrected chi connectivity index (χ4v) is 1.35. The Morgan fingerprint density at radius 3 is 2.35 bits per heavy atom. The molecule has 1 amide bonds. The molecule has 1 aromatic rings. The zero-order chi connectivity index (χ0) is 15.3. The van der Waals surface area contributed by atoms with Gasteiger partial charge >= 0.3 is 6.61 Å². The van der Waals surface area contributed by atoms with E-state index < -0.39 is 12.2 Å². The van der Waals surface area contributed by atoms with Crippen LogP contribution >= 0.6 is 0 Å². The van der Waals surface area contributed by atoms with Crippen molar-refractivity contribution in [2.24, 2.45) is 5.92 Å². The molecule has 0 bridgehead atoms. The molecule has 112 valence electrons. The summed E-state index contributed by atoms with van der Waals surface area (Å²) in [5, 5.41) is 12.6. The van der Waals surface area contributed by atoms with Crippen LogP contribution in [0.4, 0.5) is 8.78 Å². The largest absolute Gasteiger partial charge is 0.435 e. The van der Waals surface area contributed by atoms with E-state index in [1.54, 1.807) is 6.92 Å². The molecule has 0 saturated heterocycles. The highest BCUT2D eigenvalue weighted by molar-refractivity contribution is 5.94. The van der Waals surface area contributed by atoms with Gasteiger partial charge < -0.3 is 15.2 Å². The lowest BCUT2D eigenvalue weighted by atomic mass is 9.92. The summed E-state index contributed by atoms with van der Waals surface area (Å²) >= 11 is 0. The van der Waals surface area contributed by atoms with Crippen molar-refractivity contribution in [2.75, 3.05) is 6.54 Å². The molecule has 4 nitrogen and oxygen atoms in total. The Morgan fingerprint density at radius 1 is 1.35 bits per heavy atom. The van der Waals surface area contributed by atoms with Crippen molar-refractivity contribution in [1.29, 1.82) is 0 Å². The minimum atomic E-state index is -2.89. The number of alkyl halides is 2. The van der Waals surface area contributed by atoms with Crippen LogP contribution in [0.25, 0.3) is 0 Å². The third-order valence-corrected chi connectivity index (χ3v) is 3.19. The Kier molecular flexibility index (Phi) is 5.44. The first-order valence-corrected chi connectivity index (χ1v) is 6.28. The summed E-state index contributed by atoms with van der Waals surface area (Å²) in [7, 11) is 0. The Bertz CT molecular complexity index is 444. The summed E-state index contributed by atoms with van der Waals surface area (Å²) in [6.45, 7) is 2.55. The second-order valence-electron chi connectivity index (χ2n) is 5.10. The number of nitrogens with one attached hydrogen (secondary N) is 1. The molecule has 0 spiro atoms. The lowest BCUT2D eigenvalue weighted by molar-refractivity contribution is -0.0498. The monoisotopic (exact) mass is 287 g/mol. The average molecular weight is 287 g/mol. The zero-order valence-corrected chi connectivity index (χ0v) is 11.7. The van der Waals surface area contributed by atoms with E-state index in [4.69, 9.17) is 0 Å². The zero-order valence-electron chi connectivity index (χ0n) is 11.7. The number of carbonyl (C=O) groups is 1. The quantitative estimate of drug-likeness (QED) is 0.845. The fourth-order valence-electron chi connectivity index (χ4n) is 1.35. The maximum Gasteiger partial charge on any atom is 0.387 e. The highest BCUT2D eigenvalue weighted by Crippen LogP contribution is 2.16. The molecule has 0 aliphatic rings. The van der Waals surface area contributed by atoms with E-state index in [-0.39, 0.29) is 24.1 Å². The van der Waals surface area contributed by atoms with Crippen LogP contribution < -0.4 is 10.1 Å². The van der Waals surface area contributed by atoms with Crippen LogP contribution in [0.3, 0.4) is 0 Å². The number of benzene rings is 1. The van der Waals surface area contributed by atoms with E-state index in [1.165, 1.54) is 24.3 Å². The van der Waals surface area contributed by atoms with Crippen molar-refractivity contribution < 1.29 is 23.4 Å². The summed E-state index contributed by atoms with van der Waals surface area (Å²) in [5.74, 6) is -0.398. The summed E-state index contributed by atoms with van der Waals surface area (Å²) in [6, 6.07) is 5.36. The first-order valence-electron chi connectivity index (χ1n) is 6.28. The molecule has 6 heteroatoms. The molecule has 0 fully saturated rings. The van der Waals surface area contributed by atoms with Gasteiger partial charge in [-0.15, -0.1) is 0 Å². The van der Waals surface area contributed by atoms with Gasteiger partial charge in [-0.3, -0.25) is 4.79 Å². The third-order valence-electron chi connectivity index (χ3n) is 3.19. The second-order valence-corrected chi connectivity index (χ2v) is 5.10. The topological polar surface area (TPSA) is 58.6 Å². The summed E-state index contributed by atoms with van der Waals surface area (Å²) in [6.07, 6.45) is 0. The highest BCUT2D eigenvalue weighted by atomic mass is 19.3. The van der Waals surface area contributed by atoms with E-state index in [9.17, 15) is 18.7 Å². The highest BCUT2D eigenvalue weighted by Gasteiger charge is 2.25. The number of halogens is 2. The van der Waals surface area contributed by atoms with E-state index in [0.717, 1.165) is 0 Å². The number of hydrogen-bond acceptors (Lipinski definition) is 3. The predicted octanol–water partition coefficient (Wildman–Crippen LogP) is 2.42. The molecule has 0 saturated carbocycles. The van der Waals surface area contributed by atoms with Crippen molar-refractivity contribution in [3.63, 3.8) is 0 Å². The molecule has 0 aliphatic heterocycles. The SMILES string of the molecule is CC(C)C(C)(O)CNC(=O)c1ccc(OC(F)F)cc1. The number of amides is 1. The first kappa shape index (κ1) is 16.4. The van der Waals surface area contributed by atoms with Gasteiger partial charge in [-0.05, 0) is 37.1 Å². The van der Waals surface area contributed by atoms with Crippen LogP contribution in [0, 0.1) is 5.92 Å². The van der Waals surface area contributed by atoms with Crippen LogP contribution in [0.15, 0.2) is 24.3 Å². The Labute approximate surface area is 116 Å². The third kappa shape index (κ3) is 4.77. The molecule has 1 rings (SSSR count). The van der Waals surface area contributed by atoms with Crippen molar-refractivity contribution in [1.82, 2.24) is 5.32 Å². The molecule has 2 N–H and O–H groups in total. The van der Waals surface area contributed by atoms with Crippen LogP contribution in [0.1, 0.15) is 31.1 Å². The van der Waals surface area contributed by atoms with Gasteiger partial charge in [0, 0.05) is 12.1 Å². The Hall–Kier alpha value is -1.69. The summed E-state index contributed by atoms with van der Waals surface area (Å²) in [5.41, 5.74) is -0.694. The minimum Gasteiger partial charge on any atom is -0.435 e. The minimum absolute atomic E-state index is 0.00859. The molecule has 0 aliphatic carbocycles. The second kappa shape index (κ2) is 6.65. The first-order chi connectivity index (χ1) is 9.22. The predicted molar refractivity (Wildman–Crippen MR) is 70.9 cm³/mol. The number of ether oxygens (including phenoxy) is 1. The molecule has 0 heterocycles. The van der Waals surface area contributed by atoms with Gasteiger partial charge in [0.05, 0.1) is 5.60 Å². The molecule has 1 unspecified atom stereocenters. The van der Waals surface area contributed by atoms with E-state index >= 15 is 0 Å². The average Bonchev–Trinajstić information content (AvgIpc) is 2.36. The van der Waals surface area contributed by atoms with Gasteiger partial charge in [0.15, 0.2) is 0 Å². The lowest BCUT2D eigenvalue weighted by Crippen LogP contribution is -2.44. The van der Waals surface area contributed by atoms with Crippen LogP contribution in [0.2, 0.25) is 0 Å². The van der Waals surface area contributed by atoms with Gasteiger partial charge in [0.1, 0.15) is 5.75 Å². The van der Waals surface area contributed by atoms with E-state index in [0.29, 0.717) is 5.56 Å². The van der Waals surface area contributed by atoms with Crippen LogP contribution in [0.5, 0.6) is 5.75 Å². The Morgan fingerprint density at radius 2 is 1.90 bits per heavy atom. The number of aliphatic hydroxyl groups is 1. The smallest absolute Gasteiger partial charge is 0.387 e. The van der Waals surface area contributed by atoms with Crippen molar-refractivity contribution in [2.45, 2.75) is 33.0 Å². The molecule has 20 heavy (non-hydrogen) atoms. The van der Waals surface area contributed by atoms with Crippen LogP contribution in [-0.2, 0) is 0 Å².